The average Bonchev–Trinajstić information content (AvgIpc) is 2.74. The Hall–Kier alpha value is -2.80. The summed E-state index contributed by atoms with van der Waals surface area (Å²) in [6, 6.07) is 11.2. The van der Waals surface area contributed by atoms with E-state index in [2.05, 4.69) is 11.0 Å². The van der Waals surface area contributed by atoms with Crippen LogP contribution in [0.4, 0.5) is 11.4 Å². The Morgan fingerprint density at radius 3 is 2.69 bits per heavy atom. The van der Waals surface area contributed by atoms with Crippen molar-refractivity contribution in [3.05, 3.63) is 58.0 Å². The third-order valence-electron chi connectivity index (χ3n) is 6.39. The molecule has 2 unspecified atom stereocenters. The van der Waals surface area contributed by atoms with Gasteiger partial charge in [-0.15, -0.1) is 0 Å². The van der Waals surface area contributed by atoms with E-state index in [0.29, 0.717) is 49.4 Å². The molecule has 152 valence electrons. The third kappa shape index (κ3) is 3.29. The van der Waals surface area contributed by atoms with Crippen LogP contribution < -0.4 is 16.2 Å². The molecule has 1 amide bonds. The fraction of sp³-hybridized carbons (Fsp3) is 0.455. The average molecular weight is 394 g/mol. The fourth-order valence-corrected chi connectivity index (χ4v) is 5.02. The van der Waals surface area contributed by atoms with Crippen LogP contribution in [0.1, 0.15) is 28.4 Å². The van der Waals surface area contributed by atoms with E-state index in [1.165, 1.54) is 0 Å². The highest BCUT2D eigenvalue weighted by atomic mass is 16.5. The zero-order chi connectivity index (χ0) is 20.0. The molecule has 2 atom stereocenters. The quantitative estimate of drug-likeness (QED) is 0.782. The number of piperidine rings is 1. The predicted molar refractivity (Wildman–Crippen MR) is 111 cm³/mol. The van der Waals surface area contributed by atoms with Crippen LogP contribution in [0.15, 0.2) is 41.2 Å². The monoisotopic (exact) mass is 394 g/mol. The number of amides is 1. The summed E-state index contributed by atoms with van der Waals surface area (Å²) in [5, 5.41) is 0. The number of hydrogen-bond donors (Lipinski definition) is 1. The second-order valence-electron chi connectivity index (χ2n) is 8.28. The fourth-order valence-electron chi connectivity index (χ4n) is 5.02. The number of ether oxygens (including phenoxy) is 1. The van der Waals surface area contributed by atoms with Gasteiger partial charge in [0.05, 0.1) is 24.6 Å². The van der Waals surface area contributed by atoms with Gasteiger partial charge in [-0.2, -0.15) is 0 Å². The molecule has 2 saturated heterocycles. The van der Waals surface area contributed by atoms with Crippen LogP contribution in [0.3, 0.4) is 0 Å². The van der Waals surface area contributed by atoms with Gasteiger partial charge in [0.2, 0.25) is 0 Å². The van der Waals surface area contributed by atoms with Crippen LogP contribution in [0, 0.1) is 5.92 Å². The first-order valence-corrected chi connectivity index (χ1v) is 10.3. The molecule has 0 aliphatic carbocycles. The van der Waals surface area contributed by atoms with Crippen molar-refractivity contribution in [1.29, 1.82) is 0 Å². The number of nitrogens with two attached hydrogens (primary N) is 1. The summed E-state index contributed by atoms with van der Waals surface area (Å²) in [5.41, 5.74) is 9.85. The second-order valence-corrected chi connectivity index (χ2v) is 8.28. The van der Waals surface area contributed by atoms with Gasteiger partial charge in [-0.25, -0.2) is 0 Å². The first-order valence-electron chi connectivity index (χ1n) is 10.3. The van der Waals surface area contributed by atoms with Crippen molar-refractivity contribution in [2.75, 3.05) is 50.0 Å². The highest BCUT2D eigenvalue weighted by molar-refractivity contribution is 5.96. The maximum Gasteiger partial charge on any atom is 0.254 e. The van der Waals surface area contributed by atoms with Crippen molar-refractivity contribution in [3.8, 4) is 0 Å². The molecule has 3 aliphatic heterocycles. The van der Waals surface area contributed by atoms with Crippen molar-refractivity contribution in [2.24, 2.45) is 5.92 Å². The second kappa shape index (κ2) is 7.22. The Morgan fingerprint density at radius 1 is 1.07 bits per heavy atom. The smallest absolute Gasteiger partial charge is 0.254 e. The van der Waals surface area contributed by atoms with E-state index >= 15 is 0 Å². The molecule has 2 bridgehead atoms. The number of nitrogens with zero attached hydrogens (tertiary/aromatic N) is 3. The van der Waals surface area contributed by atoms with Crippen LogP contribution in [-0.2, 0) is 11.3 Å². The predicted octanol–water partition coefficient (Wildman–Crippen LogP) is 1.53. The van der Waals surface area contributed by atoms with Gasteiger partial charge >= 0.3 is 0 Å². The van der Waals surface area contributed by atoms with Crippen molar-refractivity contribution in [1.82, 2.24) is 9.47 Å². The van der Waals surface area contributed by atoms with E-state index in [1.54, 1.807) is 12.1 Å². The number of carbonyl (C=O) groups is 1. The van der Waals surface area contributed by atoms with E-state index in [4.69, 9.17) is 10.5 Å². The molecule has 2 N–H and O–H groups in total. The number of pyridine rings is 1. The van der Waals surface area contributed by atoms with E-state index < -0.39 is 0 Å². The molecule has 2 aromatic rings. The Balaban J connectivity index is 1.38. The SMILES string of the molecule is Nc1cc(C(=O)N2CCOCC2)ccc1N1CC2CC(C1)c1cccc(=O)n1C2. The zero-order valence-electron chi connectivity index (χ0n) is 16.4. The van der Waals surface area contributed by atoms with Crippen molar-refractivity contribution in [2.45, 2.75) is 18.9 Å². The molecular formula is C22H26N4O3. The van der Waals surface area contributed by atoms with E-state index in [9.17, 15) is 9.59 Å². The lowest BCUT2D eigenvalue weighted by Gasteiger charge is -2.44. The zero-order valence-corrected chi connectivity index (χ0v) is 16.4. The Bertz CT molecular complexity index is 996. The molecule has 0 spiro atoms. The van der Waals surface area contributed by atoms with Gasteiger partial charge in [-0.05, 0) is 36.6 Å². The lowest BCUT2D eigenvalue weighted by molar-refractivity contribution is 0.0303. The minimum atomic E-state index is 0.00960. The van der Waals surface area contributed by atoms with Crippen LogP contribution in [0.25, 0.3) is 0 Å². The summed E-state index contributed by atoms with van der Waals surface area (Å²) in [5.74, 6) is 0.760. The molecule has 3 aliphatic rings. The molecule has 1 aromatic heterocycles. The maximum atomic E-state index is 12.7. The summed E-state index contributed by atoms with van der Waals surface area (Å²) in [7, 11) is 0. The molecule has 1 aromatic carbocycles. The molecule has 5 rings (SSSR count). The summed E-state index contributed by atoms with van der Waals surface area (Å²) >= 11 is 0. The lowest BCUT2D eigenvalue weighted by atomic mass is 9.83. The topological polar surface area (TPSA) is 80.8 Å². The van der Waals surface area contributed by atoms with Crippen molar-refractivity contribution >= 4 is 17.3 Å². The van der Waals surface area contributed by atoms with E-state index in [0.717, 1.165) is 37.4 Å². The van der Waals surface area contributed by atoms with Crippen molar-refractivity contribution in [3.63, 3.8) is 0 Å². The molecule has 7 heteroatoms. The highest BCUT2D eigenvalue weighted by Gasteiger charge is 2.35. The van der Waals surface area contributed by atoms with Crippen LogP contribution >= 0.6 is 0 Å². The minimum absolute atomic E-state index is 0.00960. The van der Waals surface area contributed by atoms with E-state index in [-0.39, 0.29) is 11.5 Å². The molecule has 7 nitrogen and oxygen atoms in total. The van der Waals surface area contributed by atoms with Gasteiger partial charge in [0.1, 0.15) is 0 Å². The van der Waals surface area contributed by atoms with Crippen molar-refractivity contribution < 1.29 is 9.53 Å². The van der Waals surface area contributed by atoms with Gasteiger partial charge in [0.25, 0.3) is 11.5 Å². The Morgan fingerprint density at radius 2 is 1.90 bits per heavy atom. The highest BCUT2D eigenvalue weighted by Crippen LogP contribution is 2.38. The van der Waals surface area contributed by atoms with Crippen LogP contribution in [0.5, 0.6) is 0 Å². The lowest BCUT2D eigenvalue weighted by Crippen LogP contribution is -2.47. The maximum absolute atomic E-state index is 12.7. The summed E-state index contributed by atoms with van der Waals surface area (Å²) in [4.78, 5) is 29.1. The number of rotatable bonds is 2. The number of hydrogen-bond acceptors (Lipinski definition) is 5. The molecule has 29 heavy (non-hydrogen) atoms. The normalized spacial score (nSPS) is 23.6. The first-order chi connectivity index (χ1) is 14.1. The first kappa shape index (κ1) is 18.2. The largest absolute Gasteiger partial charge is 0.397 e. The molecule has 0 radical (unpaired) electrons. The number of nitrogen functional groups attached to an aromatic ring is 1. The number of aromatic nitrogens is 1. The standard InChI is InChI=1S/C22H26N4O3/c23-18-11-16(22(28)24-6-8-29-9-7-24)4-5-20(18)25-12-15-10-17(14-25)19-2-1-3-21(27)26(19)13-15/h1-5,11,15,17H,6-10,12-14,23H2. The van der Waals surface area contributed by atoms with Gasteiger partial charge in [-0.3, -0.25) is 9.59 Å². The molecule has 4 heterocycles. The summed E-state index contributed by atoms with van der Waals surface area (Å²) in [6.07, 6.45) is 1.10. The molecule has 2 fully saturated rings. The van der Waals surface area contributed by atoms with Gasteiger partial charge in [0, 0.05) is 56.0 Å². The number of carbonyl (C=O) groups excluding carboxylic acids is 1. The molecule has 0 saturated carbocycles. The number of morpholine rings is 1. The third-order valence-corrected chi connectivity index (χ3v) is 6.39. The Labute approximate surface area is 169 Å². The van der Waals surface area contributed by atoms with E-state index in [1.807, 2.05) is 27.7 Å². The number of benzene rings is 1. The number of anilines is 2. The van der Waals surface area contributed by atoms with Gasteiger partial charge < -0.3 is 24.8 Å². The van der Waals surface area contributed by atoms with Crippen LogP contribution in [-0.4, -0.2) is 54.8 Å². The minimum Gasteiger partial charge on any atom is -0.397 e. The number of fused-ring (bicyclic) bond motifs is 4. The summed E-state index contributed by atoms with van der Waals surface area (Å²) in [6.45, 7) is 4.87. The van der Waals surface area contributed by atoms with Gasteiger partial charge in [0.15, 0.2) is 0 Å². The van der Waals surface area contributed by atoms with Crippen LogP contribution in [0.2, 0.25) is 0 Å². The Kier molecular flexibility index (Phi) is 4.54. The van der Waals surface area contributed by atoms with Gasteiger partial charge in [-0.1, -0.05) is 6.07 Å². The summed E-state index contributed by atoms with van der Waals surface area (Å²) < 4.78 is 7.26. The molecular weight excluding hydrogens is 368 g/mol.